The molecule has 0 saturated heterocycles. The second-order valence-corrected chi connectivity index (χ2v) is 6.34. The molecule has 5 nitrogen and oxygen atoms in total. The summed E-state index contributed by atoms with van der Waals surface area (Å²) in [5, 5.41) is 2.50. The van der Waals surface area contributed by atoms with Crippen LogP contribution in [0.5, 0.6) is 0 Å². The van der Waals surface area contributed by atoms with E-state index in [2.05, 4.69) is 10.3 Å². The maximum atomic E-state index is 13.8. The Kier molecular flexibility index (Phi) is 4.57. The largest absolute Gasteiger partial charge is 0.322 e. The van der Waals surface area contributed by atoms with Gasteiger partial charge in [0.25, 0.3) is 11.8 Å². The highest BCUT2D eigenvalue weighted by molar-refractivity contribution is 6.08. The average molecular weight is 379 g/mol. The number of benzene rings is 2. The number of pyridine rings is 1. The van der Waals surface area contributed by atoms with Crippen LogP contribution in [0.25, 0.3) is 0 Å². The van der Waals surface area contributed by atoms with Crippen LogP contribution < -0.4 is 10.2 Å². The van der Waals surface area contributed by atoms with E-state index >= 15 is 0 Å². The van der Waals surface area contributed by atoms with Crippen LogP contribution in [-0.2, 0) is 6.42 Å². The molecule has 2 aromatic carbocycles. The Morgan fingerprint density at radius 2 is 1.82 bits per heavy atom. The molecule has 1 aromatic heterocycles. The number of anilines is 2. The summed E-state index contributed by atoms with van der Waals surface area (Å²) in [5.74, 6) is -2.96. The van der Waals surface area contributed by atoms with Crippen LogP contribution in [0.3, 0.4) is 0 Å². The maximum absolute atomic E-state index is 13.8. The van der Waals surface area contributed by atoms with Crippen molar-refractivity contribution in [2.75, 3.05) is 16.8 Å². The Labute approximate surface area is 159 Å². The van der Waals surface area contributed by atoms with E-state index in [1.54, 1.807) is 41.4 Å². The highest BCUT2D eigenvalue weighted by Crippen LogP contribution is 2.32. The van der Waals surface area contributed by atoms with Gasteiger partial charge in [-0.15, -0.1) is 0 Å². The van der Waals surface area contributed by atoms with Crippen LogP contribution in [0, 0.1) is 11.6 Å². The molecule has 1 N–H and O–H groups in total. The molecule has 0 unspecified atom stereocenters. The third kappa shape index (κ3) is 3.22. The summed E-state index contributed by atoms with van der Waals surface area (Å²) in [6.45, 7) is 0.502. The van der Waals surface area contributed by atoms with E-state index in [1.807, 2.05) is 0 Å². The molecule has 0 spiro atoms. The minimum absolute atomic E-state index is 0.199. The molecule has 3 aromatic rings. The fourth-order valence-corrected chi connectivity index (χ4v) is 3.22. The SMILES string of the molecule is O=C(Nc1ccc2c(c1)N(C(=O)c1cccnc1)CC2)c1c(F)cccc1F. The third-order valence-electron chi connectivity index (χ3n) is 4.58. The number of nitrogens with zero attached hydrogens (tertiary/aromatic N) is 2. The van der Waals surface area contributed by atoms with Gasteiger partial charge in [-0.1, -0.05) is 12.1 Å². The zero-order valence-corrected chi connectivity index (χ0v) is 14.7. The van der Waals surface area contributed by atoms with Crippen LogP contribution in [-0.4, -0.2) is 23.3 Å². The zero-order chi connectivity index (χ0) is 19.7. The molecule has 0 saturated carbocycles. The lowest BCUT2D eigenvalue weighted by Crippen LogP contribution is -2.29. The van der Waals surface area contributed by atoms with Crippen molar-refractivity contribution < 1.29 is 18.4 Å². The fourth-order valence-electron chi connectivity index (χ4n) is 3.22. The number of carbonyl (C=O) groups excluding carboxylic acids is 2. The van der Waals surface area contributed by atoms with Crippen molar-refractivity contribution in [3.63, 3.8) is 0 Å². The monoisotopic (exact) mass is 379 g/mol. The van der Waals surface area contributed by atoms with E-state index in [-0.39, 0.29) is 5.91 Å². The molecule has 0 bridgehead atoms. The number of hydrogen-bond acceptors (Lipinski definition) is 3. The van der Waals surface area contributed by atoms with Gasteiger partial charge < -0.3 is 10.2 Å². The number of amides is 2. The van der Waals surface area contributed by atoms with Crippen LogP contribution in [0.4, 0.5) is 20.2 Å². The molecule has 4 rings (SSSR count). The quantitative estimate of drug-likeness (QED) is 0.753. The Morgan fingerprint density at radius 1 is 1.04 bits per heavy atom. The van der Waals surface area contributed by atoms with Crippen LogP contribution in [0.2, 0.25) is 0 Å². The predicted octanol–water partition coefficient (Wildman–Crippen LogP) is 3.82. The minimum atomic E-state index is -0.938. The van der Waals surface area contributed by atoms with Gasteiger partial charge in [-0.3, -0.25) is 14.6 Å². The summed E-state index contributed by atoms with van der Waals surface area (Å²) < 4.78 is 27.6. The Morgan fingerprint density at radius 3 is 2.54 bits per heavy atom. The van der Waals surface area contributed by atoms with Crippen molar-refractivity contribution in [2.45, 2.75) is 6.42 Å². The summed E-state index contributed by atoms with van der Waals surface area (Å²) in [5.41, 5.74) is 1.76. The van der Waals surface area contributed by atoms with E-state index in [9.17, 15) is 18.4 Å². The first-order chi connectivity index (χ1) is 13.5. The molecule has 1 aliphatic heterocycles. The Hall–Kier alpha value is -3.61. The third-order valence-corrected chi connectivity index (χ3v) is 4.58. The van der Waals surface area contributed by atoms with Gasteiger partial charge in [0.2, 0.25) is 0 Å². The van der Waals surface area contributed by atoms with Gasteiger partial charge in [-0.2, -0.15) is 0 Å². The fraction of sp³-hybridized carbons (Fsp3) is 0.0952. The Balaban J connectivity index is 1.61. The number of carbonyl (C=O) groups is 2. The number of fused-ring (bicyclic) bond motifs is 1. The highest BCUT2D eigenvalue weighted by atomic mass is 19.1. The predicted molar refractivity (Wildman–Crippen MR) is 100 cm³/mol. The van der Waals surface area contributed by atoms with Crippen molar-refractivity contribution >= 4 is 23.2 Å². The molecule has 0 fully saturated rings. The second kappa shape index (κ2) is 7.19. The van der Waals surface area contributed by atoms with Crippen molar-refractivity contribution in [2.24, 2.45) is 0 Å². The molecule has 7 heteroatoms. The number of rotatable bonds is 3. The van der Waals surface area contributed by atoms with E-state index in [1.165, 1.54) is 12.3 Å². The van der Waals surface area contributed by atoms with Crippen LogP contribution in [0.1, 0.15) is 26.3 Å². The molecule has 1 aliphatic rings. The van der Waals surface area contributed by atoms with Gasteiger partial charge >= 0.3 is 0 Å². The van der Waals surface area contributed by atoms with Crippen LogP contribution >= 0.6 is 0 Å². The summed E-state index contributed by atoms with van der Waals surface area (Å²) in [6, 6.07) is 11.7. The molecule has 0 aliphatic carbocycles. The van der Waals surface area contributed by atoms with Crippen molar-refractivity contribution in [3.8, 4) is 0 Å². The first-order valence-corrected chi connectivity index (χ1v) is 8.65. The summed E-state index contributed by atoms with van der Waals surface area (Å²) in [7, 11) is 0. The Bertz CT molecular complexity index is 1050. The van der Waals surface area contributed by atoms with E-state index in [4.69, 9.17) is 0 Å². The summed E-state index contributed by atoms with van der Waals surface area (Å²) in [6.07, 6.45) is 3.76. The molecular weight excluding hydrogens is 364 g/mol. The lowest BCUT2D eigenvalue weighted by atomic mass is 10.1. The topological polar surface area (TPSA) is 62.3 Å². The summed E-state index contributed by atoms with van der Waals surface area (Å²) >= 11 is 0. The van der Waals surface area contributed by atoms with E-state index < -0.39 is 23.1 Å². The van der Waals surface area contributed by atoms with Gasteiger partial charge in [0.05, 0.1) is 5.56 Å². The lowest BCUT2D eigenvalue weighted by Gasteiger charge is -2.18. The minimum Gasteiger partial charge on any atom is -0.322 e. The number of nitrogens with one attached hydrogen (secondary N) is 1. The maximum Gasteiger partial charge on any atom is 0.261 e. The summed E-state index contributed by atoms with van der Waals surface area (Å²) in [4.78, 5) is 30.6. The first kappa shape index (κ1) is 17.8. The molecule has 140 valence electrons. The van der Waals surface area contributed by atoms with Gasteiger partial charge in [0, 0.05) is 30.3 Å². The number of halogens is 2. The normalized spacial score (nSPS) is 12.6. The molecule has 0 atom stereocenters. The van der Waals surface area contributed by atoms with E-state index in [0.29, 0.717) is 29.9 Å². The molecule has 2 amide bonds. The first-order valence-electron chi connectivity index (χ1n) is 8.65. The van der Waals surface area contributed by atoms with Gasteiger partial charge in [0.1, 0.15) is 17.2 Å². The van der Waals surface area contributed by atoms with Crippen molar-refractivity contribution in [1.82, 2.24) is 4.98 Å². The number of hydrogen-bond donors (Lipinski definition) is 1. The highest BCUT2D eigenvalue weighted by Gasteiger charge is 2.26. The lowest BCUT2D eigenvalue weighted by molar-refractivity contribution is 0.0987. The van der Waals surface area contributed by atoms with Gasteiger partial charge in [-0.25, -0.2) is 8.78 Å². The molecule has 28 heavy (non-hydrogen) atoms. The average Bonchev–Trinajstić information content (AvgIpc) is 3.11. The number of aromatic nitrogens is 1. The molecule has 0 radical (unpaired) electrons. The molecule has 2 heterocycles. The molecular formula is C21H15F2N3O2. The van der Waals surface area contributed by atoms with Crippen molar-refractivity contribution in [3.05, 3.63) is 89.2 Å². The van der Waals surface area contributed by atoms with E-state index in [0.717, 1.165) is 17.7 Å². The van der Waals surface area contributed by atoms with Crippen molar-refractivity contribution in [1.29, 1.82) is 0 Å². The van der Waals surface area contributed by atoms with Gasteiger partial charge in [-0.05, 0) is 48.4 Å². The van der Waals surface area contributed by atoms with Gasteiger partial charge in [0.15, 0.2) is 0 Å². The smallest absolute Gasteiger partial charge is 0.261 e. The van der Waals surface area contributed by atoms with Crippen LogP contribution in [0.15, 0.2) is 60.9 Å². The standard InChI is InChI=1S/C21H15F2N3O2/c22-16-4-1-5-17(23)19(16)20(27)25-15-7-6-13-8-10-26(18(13)11-15)21(28)14-3-2-9-24-12-14/h1-7,9,11-12H,8,10H2,(H,25,27). The zero-order valence-electron chi connectivity index (χ0n) is 14.7. The second-order valence-electron chi connectivity index (χ2n) is 6.34.